The van der Waals surface area contributed by atoms with Crippen LogP contribution in [-0.2, 0) is 4.74 Å². The van der Waals surface area contributed by atoms with Crippen LogP contribution in [0.1, 0.15) is 19.8 Å². The van der Waals surface area contributed by atoms with Crippen LogP contribution in [0.4, 0.5) is 15.8 Å². The minimum atomic E-state index is -0.346. The summed E-state index contributed by atoms with van der Waals surface area (Å²) in [5, 5.41) is 0. The summed E-state index contributed by atoms with van der Waals surface area (Å²) >= 11 is 0. The standard InChI is InChI=1S/C13H19FN2O/c1-2-17-10-5-4-8-16(9-10)12-7-3-6-11(14)13(12)15/h3,6-7,10H,2,4-5,8-9,15H2,1H3. The van der Waals surface area contributed by atoms with Crippen LogP contribution < -0.4 is 10.6 Å². The molecule has 1 atom stereocenters. The summed E-state index contributed by atoms with van der Waals surface area (Å²) in [6.45, 7) is 4.42. The molecule has 0 amide bonds. The Morgan fingerprint density at radius 1 is 1.53 bits per heavy atom. The zero-order valence-corrected chi connectivity index (χ0v) is 10.2. The molecule has 94 valence electrons. The minimum Gasteiger partial charge on any atom is -0.395 e. The Bertz CT molecular complexity index is 382. The molecule has 1 aliphatic rings. The van der Waals surface area contributed by atoms with Crippen molar-refractivity contribution in [2.45, 2.75) is 25.9 Å². The van der Waals surface area contributed by atoms with Gasteiger partial charge in [-0.2, -0.15) is 0 Å². The average molecular weight is 238 g/mol. The smallest absolute Gasteiger partial charge is 0.148 e. The molecule has 1 heterocycles. The van der Waals surface area contributed by atoms with Crippen molar-refractivity contribution in [1.29, 1.82) is 0 Å². The summed E-state index contributed by atoms with van der Waals surface area (Å²) in [6.07, 6.45) is 2.36. The summed E-state index contributed by atoms with van der Waals surface area (Å²) in [4.78, 5) is 2.11. The number of hydrogen-bond donors (Lipinski definition) is 1. The fraction of sp³-hybridized carbons (Fsp3) is 0.538. The van der Waals surface area contributed by atoms with Gasteiger partial charge in [0, 0.05) is 19.7 Å². The lowest BCUT2D eigenvalue weighted by atomic mass is 10.1. The lowest BCUT2D eigenvalue weighted by Gasteiger charge is -2.34. The Labute approximate surface area is 101 Å². The molecule has 17 heavy (non-hydrogen) atoms. The lowest BCUT2D eigenvalue weighted by molar-refractivity contribution is 0.0527. The van der Waals surface area contributed by atoms with Crippen molar-refractivity contribution in [1.82, 2.24) is 0 Å². The zero-order valence-electron chi connectivity index (χ0n) is 10.2. The molecule has 0 radical (unpaired) electrons. The van der Waals surface area contributed by atoms with E-state index in [1.807, 2.05) is 13.0 Å². The van der Waals surface area contributed by atoms with E-state index in [0.717, 1.165) is 38.2 Å². The van der Waals surface area contributed by atoms with Crippen LogP contribution in [0.25, 0.3) is 0 Å². The van der Waals surface area contributed by atoms with Crippen molar-refractivity contribution >= 4 is 11.4 Å². The first kappa shape index (κ1) is 12.2. The largest absolute Gasteiger partial charge is 0.395 e. The van der Waals surface area contributed by atoms with Crippen molar-refractivity contribution in [2.75, 3.05) is 30.3 Å². The number of nitrogens with zero attached hydrogens (tertiary/aromatic N) is 1. The second kappa shape index (κ2) is 5.36. The Morgan fingerprint density at radius 3 is 3.12 bits per heavy atom. The summed E-state index contributed by atoms with van der Waals surface area (Å²) in [5.41, 5.74) is 6.80. The highest BCUT2D eigenvalue weighted by Gasteiger charge is 2.22. The van der Waals surface area contributed by atoms with Gasteiger partial charge in [0.15, 0.2) is 0 Å². The molecule has 1 aromatic rings. The van der Waals surface area contributed by atoms with Crippen LogP contribution in [0.2, 0.25) is 0 Å². The van der Waals surface area contributed by atoms with Crippen LogP contribution in [0.3, 0.4) is 0 Å². The number of nitrogens with two attached hydrogens (primary N) is 1. The van der Waals surface area contributed by atoms with Crippen LogP contribution in [0.15, 0.2) is 18.2 Å². The van der Waals surface area contributed by atoms with Crippen molar-refractivity contribution in [3.8, 4) is 0 Å². The van der Waals surface area contributed by atoms with E-state index in [4.69, 9.17) is 10.5 Å². The van der Waals surface area contributed by atoms with Crippen LogP contribution in [0, 0.1) is 5.82 Å². The lowest BCUT2D eigenvalue weighted by Crippen LogP contribution is -2.40. The minimum absolute atomic E-state index is 0.233. The molecule has 3 nitrogen and oxygen atoms in total. The maximum absolute atomic E-state index is 13.4. The molecular weight excluding hydrogens is 219 g/mol. The van der Waals surface area contributed by atoms with E-state index in [2.05, 4.69) is 4.90 Å². The summed E-state index contributed by atoms with van der Waals surface area (Å²) in [5.74, 6) is -0.346. The second-order valence-corrected chi connectivity index (χ2v) is 4.34. The molecule has 0 aromatic heterocycles. The van der Waals surface area contributed by atoms with Crippen molar-refractivity contribution in [3.05, 3.63) is 24.0 Å². The molecule has 1 aromatic carbocycles. The van der Waals surface area contributed by atoms with Gasteiger partial charge in [-0.25, -0.2) is 4.39 Å². The highest BCUT2D eigenvalue weighted by Crippen LogP contribution is 2.28. The number of rotatable bonds is 3. The second-order valence-electron chi connectivity index (χ2n) is 4.34. The molecule has 0 saturated carbocycles. The van der Waals surface area contributed by atoms with Gasteiger partial charge in [-0.1, -0.05) is 6.07 Å². The van der Waals surface area contributed by atoms with E-state index in [9.17, 15) is 4.39 Å². The number of halogens is 1. The molecule has 1 unspecified atom stereocenters. The molecule has 1 saturated heterocycles. The number of ether oxygens (including phenoxy) is 1. The topological polar surface area (TPSA) is 38.5 Å². The molecule has 0 spiro atoms. The van der Waals surface area contributed by atoms with Gasteiger partial charge in [-0.15, -0.1) is 0 Å². The van der Waals surface area contributed by atoms with E-state index < -0.39 is 0 Å². The van der Waals surface area contributed by atoms with Crippen molar-refractivity contribution < 1.29 is 9.13 Å². The van der Waals surface area contributed by atoms with Gasteiger partial charge in [-0.05, 0) is 31.9 Å². The quantitative estimate of drug-likeness (QED) is 0.822. The predicted octanol–water partition coefficient (Wildman–Crippen LogP) is 2.41. The monoisotopic (exact) mass is 238 g/mol. The molecule has 0 bridgehead atoms. The predicted molar refractivity (Wildman–Crippen MR) is 67.7 cm³/mol. The van der Waals surface area contributed by atoms with Crippen LogP contribution in [0.5, 0.6) is 0 Å². The first-order valence-corrected chi connectivity index (χ1v) is 6.13. The Balaban J connectivity index is 2.13. The Kier molecular flexibility index (Phi) is 3.84. The number of piperidine rings is 1. The highest BCUT2D eigenvalue weighted by atomic mass is 19.1. The SMILES string of the molecule is CCOC1CCCN(c2cccc(F)c2N)C1. The molecule has 4 heteroatoms. The molecular formula is C13H19FN2O. The van der Waals surface area contributed by atoms with E-state index in [1.54, 1.807) is 6.07 Å². The molecule has 0 aliphatic carbocycles. The molecule has 1 fully saturated rings. The maximum atomic E-state index is 13.4. The summed E-state index contributed by atoms with van der Waals surface area (Å²) < 4.78 is 19.0. The van der Waals surface area contributed by atoms with Crippen LogP contribution >= 0.6 is 0 Å². The third-order valence-electron chi connectivity index (χ3n) is 3.15. The number of nitrogen functional groups attached to an aromatic ring is 1. The first-order valence-electron chi connectivity index (χ1n) is 6.13. The third-order valence-corrected chi connectivity index (χ3v) is 3.15. The summed E-state index contributed by atoms with van der Waals surface area (Å²) in [6, 6.07) is 4.96. The van der Waals surface area contributed by atoms with Gasteiger partial charge in [0.2, 0.25) is 0 Å². The van der Waals surface area contributed by atoms with Gasteiger partial charge >= 0.3 is 0 Å². The zero-order chi connectivity index (χ0) is 12.3. The third kappa shape index (κ3) is 2.69. The maximum Gasteiger partial charge on any atom is 0.148 e. The van der Waals surface area contributed by atoms with E-state index in [0.29, 0.717) is 0 Å². The van der Waals surface area contributed by atoms with Crippen molar-refractivity contribution in [2.24, 2.45) is 0 Å². The van der Waals surface area contributed by atoms with Gasteiger partial charge in [0.25, 0.3) is 0 Å². The highest BCUT2D eigenvalue weighted by molar-refractivity contribution is 5.68. The number of benzene rings is 1. The fourth-order valence-corrected chi connectivity index (χ4v) is 2.33. The van der Waals surface area contributed by atoms with Gasteiger partial charge < -0.3 is 15.4 Å². The molecule has 2 rings (SSSR count). The van der Waals surface area contributed by atoms with E-state index >= 15 is 0 Å². The van der Waals surface area contributed by atoms with Gasteiger partial charge in [-0.3, -0.25) is 0 Å². The Hall–Kier alpha value is -1.29. The first-order chi connectivity index (χ1) is 8.22. The summed E-state index contributed by atoms with van der Waals surface area (Å²) in [7, 11) is 0. The van der Waals surface area contributed by atoms with Gasteiger partial charge in [0.05, 0.1) is 17.5 Å². The van der Waals surface area contributed by atoms with Crippen molar-refractivity contribution in [3.63, 3.8) is 0 Å². The number of para-hydroxylation sites is 1. The Morgan fingerprint density at radius 2 is 2.35 bits per heavy atom. The molecule has 2 N–H and O–H groups in total. The number of hydrogen-bond acceptors (Lipinski definition) is 3. The fourth-order valence-electron chi connectivity index (χ4n) is 2.33. The normalized spacial score (nSPS) is 20.6. The van der Waals surface area contributed by atoms with E-state index in [-0.39, 0.29) is 17.6 Å². The van der Waals surface area contributed by atoms with Gasteiger partial charge in [0.1, 0.15) is 5.82 Å². The van der Waals surface area contributed by atoms with E-state index in [1.165, 1.54) is 6.07 Å². The molecule has 1 aliphatic heterocycles. The average Bonchev–Trinajstić information content (AvgIpc) is 2.33. The number of anilines is 2. The van der Waals surface area contributed by atoms with Crippen LogP contribution in [-0.4, -0.2) is 25.8 Å².